The Kier molecular flexibility index (Phi) is 2.85. The van der Waals surface area contributed by atoms with Crippen LogP contribution in [0.3, 0.4) is 0 Å². The molecule has 1 unspecified atom stereocenters. The molecular weight excluding hydrogens is 190 g/mol. The van der Waals surface area contributed by atoms with Crippen molar-refractivity contribution >= 4 is 0 Å². The normalized spacial score (nSPS) is 23.8. The number of hydrogen-bond acceptors (Lipinski definition) is 3. The molecule has 0 radical (unpaired) electrons. The van der Waals surface area contributed by atoms with Gasteiger partial charge in [-0.2, -0.15) is 0 Å². The molecule has 78 valence electrons. The highest BCUT2D eigenvalue weighted by atomic mass is 16.6. The third kappa shape index (κ3) is 2.68. The van der Waals surface area contributed by atoms with Gasteiger partial charge in [-0.25, -0.2) is 0 Å². The average Bonchev–Trinajstić information content (AvgIpc) is 2.29. The topological polar surface area (TPSA) is 41.5 Å². The second-order valence-electron chi connectivity index (χ2n) is 3.33. The highest BCUT2D eigenvalue weighted by Gasteiger charge is 2.23. The monoisotopic (exact) mass is 203 g/mol. The molecule has 0 saturated heterocycles. The largest absolute Gasteiger partial charge is 0.345 e. The summed E-state index contributed by atoms with van der Waals surface area (Å²) in [6, 6.07) is 9.72. The highest BCUT2D eigenvalue weighted by Crippen LogP contribution is 2.12. The van der Waals surface area contributed by atoms with Crippen LogP contribution >= 0.6 is 0 Å². The Morgan fingerprint density at radius 1 is 1.20 bits per heavy atom. The van der Waals surface area contributed by atoms with Gasteiger partial charge in [0.2, 0.25) is 0 Å². The molecule has 0 aromatic heterocycles. The lowest BCUT2D eigenvalue weighted by atomic mass is 10.2. The van der Waals surface area contributed by atoms with Crippen LogP contribution in [0.2, 0.25) is 0 Å². The SMILES string of the molecule is OC1(OCc2ccccc2)C=CC=CN1. The van der Waals surface area contributed by atoms with E-state index in [-0.39, 0.29) is 0 Å². The van der Waals surface area contributed by atoms with Crippen LogP contribution in [0.15, 0.2) is 54.8 Å². The Morgan fingerprint density at radius 3 is 2.67 bits per heavy atom. The van der Waals surface area contributed by atoms with Gasteiger partial charge in [-0.3, -0.25) is 0 Å². The lowest BCUT2D eigenvalue weighted by Gasteiger charge is -2.26. The Balaban J connectivity index is 1.93. The molecule has 1 aromatic carbocycles. The predicted octanol–water partition coefficient (Wildman–Crippen LogP) is 1.52. The van der Waals surface area contributed by atoms with Gasteiger partial charge in [0.05, 0.1) is 6.61 Å². The molecule has 1 heterocycles. The highest BCUT2D eigenvalue weighted by molar-refractivity contribution is 5.15. The van der Waals surface area contributed by atoms with E-state index in [9.17, 15) is 5.11 Å². The van der Waals surface area contributed by atoms with Gasteiger partial charge in [-0.1, -0.05) is 36.4 Å². The minimum Gasteiger partial charge on any atom is -0.345 e. The number of ether oxygens (including phenoxy) is 1. The van der Waals surface area contributed by atoms with Gasteiger partial charge in [0.25, 0.3) is 5.91 Å². The number of aliphatic hydroxyl groups is 1. The van der Waals surface area contributed by atoms with E-state index < -0.39 is 5.91 Å². The van der Waals surface area contributed by atoms with Crippen molar-refractivity contribution in [2.24, 2.45) is 0 Å². The first kappa shape index (κ1) is 9.96. The Labute approximate surface area is 88.7 Å². The summed E-state index contributed by atoms with van der Waals surface area (Å²) in [6.07, 6.45) is 6.74. The first-order valence-electron chi connectivity index (χ1n) is 4.81. The molecule has 0 bridgehead atoms. The van der Waals surface area contributed by atoms with E-state index in [0.29, 0.717) is 6.61 Å². The second kappa shape index (κ2) is 4.29. The van der Waals surface area contributed by atoms with Crippen LogP contribution in [-0.4, -0.2) is 11.0 Å². The quantitative estimate of drug-likeness (QED) is 0.732. The molecule has 2 rings (SSSR count). The third-order valence-electron chi connectivity index (χ3n) is 2.12. The maximum absolute atomic E-state index is 9.86. The van der Waals surface area contributed by atoms with Crippen molar-refractivity contribution in [3.05, 3.63) is 60.3 Å². The molecule has 3 heteroatoms. The molecule has 0 fully saturated rings. The van der Waals surface area contributed by atoms with Gasteiger partial charge in [0, 0.05) is 6.20 Å². The van der Waals surface area contributed by atoms with Gasteiger partial charge in [0.1, 0.15) is 0 Å². The van der Waals surface area contributed by atoms with E-state index in [1.807, 2.05) is 30.3 Å². The molecule has 1 aliphatic rings. The molecule has 2 N–H and O–H groups in total. The number of allylic oxidation sites excluding steroid dienone is 2. The Morgan fingerprint density at radius 2 is 2.00 bits per heavy atom. The van der Waals surface area contributed by atoms with Crippen molar-refractivity contribution in [1.29, 1.82) is 0 Å². The second-order valence-corrected chi connectivity index (χ2v) is 3.33. The molecule has 1 aliphatic heterocycles. The summed E-state index contributed by atoms with van der Waals surface area (Å²) in [6.45, 7) is 0.364. The van der Waals surface area contributed by atoms with E-state index in [1.54, 1.807) is 24.4 Å². The van der Waals surface area contributed by atoms with Crippen molar-refractivity contribution < 1.29 is 9.84 Å². The van der Waals surface area contributed by atoms with Crippen LogP contribution in [0.25, 0.3) is 0 Å². The fourth-order valence-electron chi connectivity index (χ4n) is 1.31. The zero-order valence-corrected chi connectivity index (χ0v) is 8.26. The van der Waals surface area contributed by atoms with Crippen molar-refractivity contribution in [1.82, 2.24) is 5.32 Å². The summed E-state index contributed by atoms with van der Waals surface area (Å²) < 4.78 is 5.36. The molecule has 15 heavy (non-hydrogen) atoms. The maximum atomic E-state index is 9.86. The summed E-state index contributed by atoms with van der Waals surface area (Å²) >= 11 is 0. The van der Waals surface area contributed by atoms with Crippen LogP contribution in [0.4, 0.5) is 0 Å². The molecule has 0 aliphatic carbocycles. The average molecular weight is 203 g/mol. The van der Waals surface area contributed by atoms with Gasteiger partial charge in [0.15, 0.2) is 0 Å². The first-order chi connectivity index (χ1) is 7.29. The number of hydrogen-bond donors (Lipinski definition) is 2. The van der Waals surface area contributed by atoms with E-state index in [2.05, 4.69) is 5.32 Å². The molecule has 3 nitrogen and oxygen atoms in total. The Bertz CT molecular complexity index is 372. The van der Waals surface area contributed by atoms with Crippen molar-refractivity contribution in [2.45, 2.75) is 12.5 Å². The van der Waals surface area contributed by atoms with Crippen molar-refractivity contribution in [3.63, 3.8) is 0 Å². The smallest absolute Gasteiger partial charge is 0.268 e. The van der Waals surface area contributed by atoms with Gasteiger partial charge in [-0.15, -0.1) is 0 Å². The number of nitrogens with one attached hydrogen (secondary N) is 1. The van der Waals surface area contributed by atoms with Crippen LogP contribution in [-0.2, 0) is 11.3 Å². The van der Waals surface area contributed by atoms with E-state index >= 15 is 0 Å². The fraction of sp³-hybridized carbons (Fsp3) is 0.167. The summed E-state index contributed by atoms with van der Waals surface area (Å²) in [5, 5.41) is 12.6. The third-order valence-corrected chi connectivity index (χ3v) is 2.12. The van der Waals surface area contributed by atoms with Crippen LogP contribution in [0.1, 0.15) is 5.56 Å². The molecule has 0 amide bonds. The lowest BCUT2D eigenvalue weighted by Crippen LogP contribution is -2.43. The van der Waals surface area contributed by atoms with Crippen molar-refractivity contribution in [3.8, 4) is 0 Å². The fourth-order valence-corrected chi connectivity index (χ4v) is 1.31. The van der Waals surface area contributed by atoms with Crippen LogP contribution in [0, 0.1) is 0 Å². The summed E-state index contributed by atoms with van der Waals surface area (Å²) in [7, 11) is 0. The summed E-state index contributed by atoms with van der Waals surface area (Å²) in [4.78, 5) is 0. The number of benzene rings is 1. The molecule has 0 saturated carbocycles. The zero-order chi connectivity index (χ0) is 10.6. The van der Waals surface area contributed by atoms with E-state index in [0.717, 1.165) is 5.56 Å². The minimum atomic E-state index is -1.38. The molecular formula is C12H13NO2. The number of rotatable bonds is 3. The number of dihydropyridines is 1. The van der Waals surface area contributed by atoms with Crippen LogP contribution in [0.5, 0.6) is 0 Å². The molecule has 0 spiro atoms. The zero-order valence-electron chi connectivity index (χ0n) is 8.26. The first-order valence-corrected chi connectivity index (χ1v) is 4.81. The van der Waals surface area contributed by atoms with Gasteiger partial charge < -0.3 is 15.2 Å². The van der Waals surface area contributed by atoms with Crippen LogP contribution < -0.4 is 5.32 Å². The predicted molar refractivity (Wildman–Crippen MR) is 57.6 cm³/mol. The van der Waals surface area contributed by atoms with Gasteiger partial charge in [-0.05, 0) is 17.7 Å². The van der Waals surface area contributed by atoms with Crippen molar-refractivity contribution in [2.75, 3.05) is 0 Å². The molecule has 1 aromatic rings. The minimum absolute atomic E-state index is 0.364. The lowest BCUT2D eigenvalue weighted by molar-refractivity contribution is -0.189. The van der Waals surface area contributed by atoms with E-state index in [4.69, 9.17) is 4.74 Å². The van der Waals surface area contributed by atoms with Gasteiger partial charge >= 0.3 is 0 Å². The maximum Gasteiger partial charge on any atom is 0.268 e. The summed E-state index contributed by atoms with van der Waals surface area (Å²) in [5.74, 6) is -1.38. The molecule has 1 atom stereocenters. The Hall–Kier alpha value is -1.58. The summed E-state index contributed by atoms with van der Waals surface area (Å²) in [5.41, 5.74) is 1.02. The standard InChI is InChI=1S/C12H13NO2/c14-12(8-4-5-9-13-12)15-10-11-6-2-1-3-7-11/h1-9,13-14H,10H2. The van der Waals surface area contributed by atoms with E-state index in [1.165, 1.54) is 0 Å².